The fourth-order valence-corrected chi connectivity index (χ4v) is 4.68. The van der Waals surface area contributed by atoms with Gasteiger partial charge in [0.2, 0.25) is 0 Å². The van der Waals surface area contributed by atoms with Gasteiger partial charge in [0.25, 0.3) is 5.91 Å². The van der Waals surface area contributed by atoms with Crippen molar-refractivity contribution in [2.75, 3.05) is 26.5 Å². The second-order valence-electron chi connectivity index (χ2n) is 6.01. The minimum absolute atomic E-state index is 0.144. The molecule has 1 saturated heterocycles. The number of carbonyl (C=O) groups excluding carboxylic acids is 1. The molecule has 3 rings (SSSR count). The largest absolute Gasteiger partial charge is 0.453 e. The zero-order valence-electron chi connectivity index (χ0n) is 14.0. The molecule has 10 heteroatoms. The van der Waals surface area contributed by atoms with Crippen LogP contribution >= 0.6 is 11.5 Å². The third-order valence-electron chi connectivity index (χ3n) is 4.07. The molecular formula is C15H19N3O5S2. The van der Waals surface area contributed by atoms with Gasteiger partial charge in [-0.1, -0.05) is 4.49 Å². The van der Waals surface area contributed by atoms with E-state index in [1.54, 1.807) is 24.1 Å². The van der Waals surface area contributed by atoms with Crippen molar-refractivity contribution in [2.24, 2.45) is 0 Å². The Morgan fingerprint density at radius 1 is 1.48 bits per heavy atom. The second-order valence-corrected chi connectivity index (χ2v) is 8.97. The smallest absolute Gasteiger partial charge is 0.289 e. The van der Waals surface area contributed by atoms with Crippen LogP contribution in [0, 0.1) is 0 Å². The fourth-order valence-electron chi connectivity index (χ4n) is 2.95. The Hall–Kier alpha value is -1.78. The third-order valence-corrected chi connectivity index (χ3v) is 6.63. The summed E-state index contributed by atoms with van der Waals surface area (Å²) in [5, 5.41) is 4.01. The van der Waals surface area contributed by atoms with Crippen LogP contribution < -0.4 is 0 Å². The molecule has 25 heavy (non-hydrogen) atoms. The molecule has 0 unspecified atom stereocenters. The van der Waals surface area contributed by atoms with Crippen molar-refractivity contribution in [3.8, 4) is 0 Å². The number of carbonyl (C=O) groups is 1. The lowest BCUT2D eigenvalue weighted by molar-refractivity contribution is 0.0665. The number of likely N-dealkylation sites (tertiary alicyclic amines) is 1. The average molecular weight is 385 g/mol. The molecule has 8 nitrogen and oxygen atoms in total. The summed E-state index contributed by atoms with van der Waals surface area (Å²) in [4.78, 5) is 14.3. The Kier molecular flexibility index (Phi) is 5.21. The van der Waals surface area contributed by atoms with Crippen molar-refractivity contribution in [3.05, 3.63) is 29.3 Å². The quantitative estimate of drug-likeness (QED) is 0.772. The first-order chi connectivity index (χ1) is 11.9. The van der Waals surface area contributed by atoms with E-state index in [4.69, 9.17) is 9.15 Å². The van der Waals surface area contributed by atoms with Gasteiger partial charge in [0.05, 0.1) is 5.69 Å². The van der Waals surface area contributed by atoms with Crippen LogP contribution in [-0.2, 0) is 21.2 Å². The second kappa shape index (κ2) is 7.22. The van der Waals surface area contributed by atoms with E-state index in [2.05, 4.69) is 9.59 Å². The van der Waals surface area contributed by atoms with Crippen molar-refractivity contribution in [1.82, 2.24) is 14.5 Å². The first-order valence-electron chi connectivity index (χ1n) is 7.79. The fraction of sp³-hybridized carbons (Fsp3) is 0.533. The molecule has 1 amide bonds. The Labute approximate surface area is 149 Å². The van der Waals surface area contributed by atoms with Gasteiger partial charge < -0.3 is 14.1 Å². The minimum Gasteiger partial charge on any atom is -0.453 e. The van der Waals surface area contributed by atoms with Crippen molar-refractivity contribution in [2.45, 2.75) is 29.6 Å². The van der Waals surface area contributed by atoms with Gasteiger partial charge >= 0.3 is 0 Å². The summed E-state index contributed by atoms with van der Waals surface area (Å²) in [6, 6.07) is 3.34. The molecular weight excluding hydrogens is 366 g/mol. The van der Waals surface area contributed by atoms with Gasteiger partial charge in [-0.25, -0.2) is 8.42 Å². The highest BCUT2D eigenvalue weighted by atomic mass is 32.2. The van der Waals surface area contributed by atoms with Crippen LogP contribution in [0.15, 0.2) is 20.8 Å². The van der Waals surface area contributed by atoms with Crippen molar-refractivity contribution >= 4 is 27.3 Å². The molecule has 2 aromatic heterocycles. The number of sulfone groups is 1. The van der Waals surface area contributed by atoms with Crippen LogP contribution in [0.2, 0.25) is 0 Å². The highest BCUT2D eigenvalue weighted by molar-refractivity contribution is 7.92. The number of ether oxygens (including phenoxy) is 1. The van der Waals surface area contributed by atoms with Gasteiger partial charge in [0, 0.05) is 43.9 Å². The van der Waals surface area contributed by atoms with Crippen molar-refractivity contribution in [1.29, 1.82) is 0 Å². The Balaban J connectivity index is 1.77. The highest BCUT2D eigenvalue weighted by Crippen LogP contribution is 2.32. The molecule has 0 saturated carbocycles. The van der Waals surface area contributed by atoms with Crippen LogP contribution in [0.1, 0.15) is 40.8 Å². The number of rotatable bonds is 5. The van der Waals surface area contributed by atoms with E-state index < -0.39 is 9.84 Å². The maximum absolute atomic E-state index is 12.7. The maximum atomic E-state index is 12.7. The van der Waals surface area contributed by atoms with Gasteiger partial charge in [0.15, 0.2) is 19.8 Å². The zero-order valence-corrected chi connectivity index (χ0v) is 15.6. The van der Waals surface area contributed by atoms with E-state index in [0.717, 1.165) is 30.6 Å². The summed E-state index contributed by atoms with van der Waals surface area (Å²) in [6.07, 6.45) is 2.69. The molecule has 3 heterocycles. The monoisotopic (exact) mass is 385 g/mol. The molecule has 1 aliphatic rings. The summed E-state index contributed by atoms with van der Waals surface area (Å²) in [7, 11) is -1.82. The molecule has 0 N–H and O–H groups in total. The SMILES string of the molecule is COCc1ccc(C(=O)N2CCC[C@H](c3nnsc3S(C)(=O)=O)C2)o1. The lowest BCUT2D eigenvalue weighted by Crippen LogP contribution is -2.39. The van der Waals surface area contributed by atoms with E-state index >= 15 is 0 Å². The Morgan fingerprint density at radius 3 is 3.00 bits per heavy atom. The van der Waals surface area contributed by atoms with Crippen LogP contribution in [0.5, 0.6) is 0 Å². The molecule has 0 bridgehead atoms. The van der Waals surface area contributed by atoms with Crippen molar-refractivity contribution < 1.29 is 22.4 Å². The molecule has 1 atom stereocenters. The average Bonchev–Trinajstić information content (AvgIpc) is 3.23. The lowest BCUT2D eigenvalue weighted by Gasteiger charge is -2.31. The van der Waals surface area contributed by atoms with E-state index in [1.807, 2.05) is 0 Å². The lowest BCUT2D eigenvalue weighted by atomic mass is 9.95. The molecule has 0 spiro atoms. The first kappa shape index (κ1) is 18.0. The number of methoxy groups -OCH3 is 1. The predicted octanol–water partition coefficient (Wildman–Crippen LogP) is 1.70. The third kappa shape index (κ3) is 3.91. The number of furan rings is 1. The van der Waals surface area contributed by atoms with Crippen LogP contribution in [0.4, 0.5) is 0 Å². The summed E-state index contributed by atoms with van der Waals surface area (Å²) < 4.78 is 38.2. The molecule has 0 radical (unpaired) electrons. The number of hydrogen-bond acceptors (Lipinski definition) is 8. The number of nitrogens with zero attached hydrogens (tertiary/aromatic N) is 3. The summed E-state index contributed by atoms with van der Waals surface area (Å²) in [5.41, 5.74) is 0.463. The number of aromatic nitrogens is 2. The minimum atomic E-state index is -3.37. The molecule has 0 aliphatic carbocycles. The van der Waals surface area contributed by atoms with E-state index in [1.165, 1.54) is 0 Å². The molecule has 0 aromatic carbocycles. The summed E-state index contributed by atoms with van der Waals surface area (Å²) >= 11 is 0.880. The predicted molar refractivity (Wildman–Crippen MR) is 90.3 cm³/mol. The zero-order chi connectivity index (χ0) is 18.0. The molecule has 136 valence electrons. The molecule has 2 aromatic rings. The van der Waals surface area contributed by atoms with E-state index in [0.29, 0.717) is 31.2 Å². The number of amides is 1. The van der Waals surface area contributed by atoms with Gasteiger partial charge in [-0.15, -0.1) is 5.10 Å². The Morgan fingerprint density at radius 2 is 2.28 bits per heavy atom. The molecule has 1 fully saturated rings. The van der Waals surface area contributed by atoms with Crippen LogP contribution in [0.3, 0.4) is 0 Å². The van der Waals surface area contributed by atoms with Crippen molar-refractivity contribution in [3.63, 3.8) is 0 Å². The standard InChI is InChI=1S/C15H19N3O5S2/c1-22-9-11-5-6-12(23-11)14(19)18-7-3-4-10(8-18)13-15(24-17-16-13)25(2,20)21/h5-6,10H,3-4,7-9H2,1-2H3/t10-/m0/s1. The Bertz CT molecular complexity index is 858. The summed E-state index contributed by atoms with van der Waals surface area (Å²) in [6.45, 7) is 1.30. The van der Waals surface area contributed by atoms with Crippen LogP contribution in [-0.4, -0.2) is 55.3 Å². The molecule has 1 aliphatic heterocycles. The van der Waals surface area contributed by atoms with Gasteiger partial charge in [-0.05, 0) is 25.0 Å². The van der Waals surface area contributed by atoms with E-state index in [9.17, 15) is 13.2 Å². The first-order valence-corrected chi connectivity index (χ1v) is 10.5. The topological polar surface area (TPSA) is 103 Å². The summed E-state index contributed by atoms with van der Waals surface area (Å²) in [5.74, 6) is 0.487. The van der Waals surface area contributed by atoms with E-state index in [-0.39, 0.29) is 21.8 Å². The van der Waals surface area contributed by atoms with Gasteiger partial charge in [-0.3, -0.25) is 4.79 Å². The van der Waals surface area contributed by atoms with Gasteiger partial charge in [-0.2, -0.15) is 0 Å². The maximum Gasteiger partial charge on any atom is 0.289 e. The van der Waals surface area contributed by atoms with Gasteiger partial charge in [0.1, 0.15) is 12.4 Å². The normalized spacial score (nSPS) is 18.5. The number of piperidine rings is 1. The number of hydrogen-bond donors (Lipinski definition) is 0. The highest BCUT2D eigenvalue weighted by Gasteiger charge is 2.32. The van der Waals surface area contributed by atoms with Crippen LogP contribution in [0.25, 0.3) is 0 Å².